The second-order valence-electron chi connectivity index (χ2n) is 6.58. The van der Waals surface area contributed by atoms with Crippen molar-refractivity contribution in [1.82, 2.24) is 19.5 Å². The van der Waals surface area contributed by atoms with Crippen LogP contribution in [0, 0.1) is 0 Å². The Kier molecular flexibility index (Phi) is 3.63. The van der Waals surface area contributed by atoms with Gasteiger partial charge in [0.25, 0.3) is 0 Å². The maximum Gasteiger partial charge on any atom is 0.186 e. The smallest absolute Gasteiger partial charge is 0.186 e. The highest BCUT2D eigenvalue weighted by Gasteiger charge is 2.15. The normalized spacial score (nSPS) is 15.3. The zero-order valence-corrected chi connectivity index (χ0v) is 14.7. The van der Waals surface area contributed by atoms with Crippen molar-refractivity contribution < 1.29 is 0 Å². The molecular formula is C19H19N5S. The first-order chi connectivity index (χ1) is 12.4. The lowest BCUT2D eigenvalue weighted by atomic mass is 10.1. The Labute approximate surface area is 150 Å². The highest BCUT2D eigenvalue weighted by Crippen LogP contribution is 2.31. The quantitative estimate of drug-likeness (QED) is 0.559. The van der Waals surface area contributed by atoms with Crippen LogP contribution in [0.4, 0.5) is 5.13 Å². The summed E-state index contributed by atoms with van der Waals surface area (Å²) in [5.41, 5.74) is 4.44. The molecule has 0 amide bonds. The number of thiazole rings is 1. The molecule has 5 rings (SSSR count). The molecule has 1 saturated heterocycles. The lowest BCUT2D eigenvalue weighted by molar-refractivity contribution is 0.577. The molecule has 0 radical (unpaired) electrons. The molecule has 5 nitrogen and oxygen atoms in total. The van der Waals surface area contributed by atoms with Crippen LogP contribution in [0.5, 0.6) is 0 Å². The number of aromatic nitrogens is 4. The zero-order valence-electron chi connectivity index (χ0n) is 13.9. The second kappa shape index (κ2) is 6.11. The number of nitrogens with zero attached hydrogens (tertiary/aromatic N) is 5. The van der Waals surface area contributed by atoms with Crippen LogP contribution >= 0.6 is 11.3 Å². The van der Waals surface area contributed by atoms with E-state index in [2.05, 4.69) is 37.6 Å². The first-order valence-corrected chi connectivity index (χ1v) is 9.58. The number of imidazole rings is 1. The average molecular weight is 349 g/mol. The maximum atomic E-state index is 4.84. The van der Waals surface area contributed by atoms with Gasteiger partial charge in [-0.1, -0.05) is 17.4 Å². The van der Waals surface area contributed by atoms with Crippen LogP contribution in [0.15, 0.2) is 43.0 Å². The first-order valence-electron chi connectivity index (χ1n) is 8.76. The van der Waals surface area contributed by atoms with Gasteiger partial charge < -0.3 is 9.47 Å². The Morgan fingerprint density at radius 2 is 1.96 bits per heavy atom. The third-order valence-corrected chi connectivity index (χ3v) is 5.92. The van der Waals surface area contributed by atoms with Crippen LogP contribution in [0.3, 0.4) is 0 Å². The summed E-state index contributed by atoms with van der Waals surface area (Å²) < 4.78 is 3.44. The molecule has 0 atom stereocenters. The second-order valence-corrected chi connectivity index (χ2v) is 7.59. The number of hydrogen-bond donors (Lipinski definition) is 0. The first kappa shape index (κ1) is 14.8. The van der Waals surface area contributed by atoms with Crippen molar-refractivity contribution in [3.05, 3.63) is 48.5 Å². The number of hydrogen-bond acceptors (Lipinski definition) is 5. The van der Waals surface area contributed by atoms with Gasteiger partial charge in [0.05, 0.1) is 28.3 Å². The van der Waals surface area contributed by atoms with Crippen molar-refractivity contribution in [3.8, 4) is 0 Å². The molecule has 1 aliphatic rings. The number of anilines is 1. The predicted octanol–water partition coefficient (Wildman–Crippen LogP) is 4.08. The van der Waals surface area contributed by atoms with E-state index in [1.54, 1.807) is 0 Å². The number of rotatable bonds is 3. The monoisotopic (exact) mass is 349 g/mol. The van der Waals surface area contributed by atoms with E-state index in [9.17, 15) is 0 Å². The molecule has 6 heteroatoms. The van der Waals surface area contributed by atoms with Crippen molar-refractivity contribution in [2.75, 3.05) is 18.0 Å². The minimum atomic E-state index is 0.813. The molecule has 4 heterocycles. The van der Waals surface area contributed by atoms with E-state index < -0.39 is 0 Å². The van der Waals surface area contributed by atoms with E-state index in [0.717, 1.165) is 36.2 Å². The number of benzene rings is 1. The third kappa shape index (κ3) is 2.76. The highest BCUT2D eigenvalue weighted by molar-refractivity contribution is 7.22. The highest BCUT2D eigenvalue weighted by atomic mass is 32.1. The molecule has 0 saturated carbocycles. The standard InChI is InChI=1S/C19H19N5S/c1-2-8-23(9-3-1)19-22-15-5-4-14(10-18(15)25-19)12-24-13-21-16-11-20-7-6-17(16)24/h4-7,10-11,13H,1-3,8-9,12H2. The van der Waals surface area contributed by atoms with Crippen molar-refractivity contribution in [2.45, 2.75) is 25.8 Å². The summed E-state index contributed by atoms with van der Waals surface area (Å²) in [6.07, 6.45) is 9.43. The molecule has 1 fully saturated rings. The molecule has 1 aliphatic heterocycles. The fraction of sp³-hybridized carbons (Fsp3) is 0.316. The Morgan fingerprint density at radius 3 is 2.88 bits per heavy atom. The largest absolute Gasteiger partial charge is 0.348 e. The van der Waals surface area contributed by atoms with Gasteiger partial charge in [-0.05, 0) is 43.0 Å². The fourth-order valence-corrected chi connectivity index (χ4v) is 4.59. The van der Waals surface area contributed by atoms with Crippen molar-refractivity contribution in [3.63, 3.8) is 0 Å². The Bertz CT molecular complexity index is 1030. The van der Waals surface area contributed by atoms with Gasteiger partial charge in [0.2, 0.25) is 0 Å². The van der Waals surface area contributed by atoms with E-state index in [-0.39, 0.29) is 0 Å². The molecule has 4 aromatic rings. The minimum Gasteiger partial charge on any atom is -0.348 e. The Balaban J connectivity index is 1.45. The predicted molar refractivity (Wildman–Crippen MR) is 102 cm³/mol. The van der Waals surface area contributed by atoms with Crippen LogP contribution in [0.25, 0.3) is 21.3 Å². The summed E-state index contributed by atoms with van der Waals surface area (Å²) in [5, 5.41) is 1.17. The molecule has 126 valence electrons. The van der Waals surface area contributed by atoms with E-state index in [0.29, 0.717) is 0 Å². The van der Waals surface area contributed by atoms with Gasteiger partial charge in [0.1, 0.15) is 5.52 Å². The summed E-state index contributed by atoms with van der Waals surface area (Å²) in [6.45, 7) is 3.09. The van der Waals surface area contributed by atoms with Gasteiger partial charge in [-0.25, -0.2) is 9.97 Å². The summed E-state index contributed by atoms with van der Waals surface area (Å²) in [7, 11) is 0. The van der Waals surface area contributed by atoms with Crippen LogP contribution in [-0.4, -0.2) is 32.6 Å². The van der Waals surface area contributed by atoms with Crippen molar-refractivity contribution >= 4 is 37.7 Å². The summed E-state index contributed by atoms with van der Waals surface area (Å²) in [5.74, 6) is 0. The topological polar surface area (TPSA) is 46.8 Å². The van der Waals surface area contributed by atoms with Gasteiger partial charge in [-0.2, -0.15) is 0 Å². The van der Waals surface area contributed by atoms with Crippen LogP contribution < -0.4 is 4.90 Å². The van der Waals surface area contributed by atoms with Gasteiger partial charge >= 0.3 is 0 Å². The molecule has 0 spiro atoms. The summed E-state index contributed by atoms with van der Waals surface area (Å²) in [6, 6.07) is 8.61. The molecule has 25 heavy (non-hydrogen) atoms. The number of fused-ring (bicyclic) bond motifs is 2. The van der Waals surface area contributed by atoms with E-state index >= 15 is 0 Å². The maximum absolute atomic E-state index is 4.84. The summed E-state index contributed by atoms with van der Waals surface area (Å²) in [4.78, 5) is 15.8. The lowest BCUT2D eigenvalue weighted by Gasteiger charge is -2.25. The lowest BCUT2D eigenvalue weighted by Crippen LogP contribution is -2.29. The van der Waals surface area contributed by atoms with E-state index in [1.165, 1.54) is 34.7 Å². The minimum absolute atomic E-state index is 0.813. The van der Waals surface area contributed by atoms with Gasteiger partial charge in [0, 0.05) is 25.8 Å². The molecule has 1 aromatic carbocycles. The number of piperidine rings is 1. The van der Waals surface area contributed by atoms with E-state index in [1.807, 2.05) is 36.1 Å². The SMILES string of the molecule is c1cc2c(cn1)ncn2Cc1ccc2nc(N3CCCCC3)sc2c1. The third-order valence-electron chi connectivity index (χ3n) is 4.84. The van der Waals surface area contributed by atoms with Crippen LogP contribution in [0.2, 0.25) is 0 Å². The van der Waals surface area contributed by atoms with Crippen molar-refractivity contribution in [1.29, 1.82) is 0 Å². The van der Waals surface area contributed by atoms with Gasteiger partial charge in [0.15, 0.2) is 5.13 Å². The molecule has 0 aliphatic carbocycles. The molecule has 0 unspecified atom stereocenters. The van der Waals surface area contributed by atoms with Gasteiger partial charge in [-0.15, -0.1) is 0 Å². The fourth-order valence-electron chi connectivity index (χ4n) is 3.51. The average Bonchev–Trinajstić information content (AvgIpc) is 3.27. The molecular weight excluding hydrogens is 330 g/mol. The van der Waals surface area contributed by atoms with E-state index in [4.69, 9.17) is 4.98 Å². The Morgan fingerprint density at radius 1 is 1.04 bits per heavy atom. The van der Waals surface area contributed by atoms with Gasteiger partial charge in [-0.3, -0.25) is 4.98 Å². The molecule has 0 bridgehead atoms. The van der Waals surface area contributed by atoms with Crippen LogP contribution in [-0.2, 0) is 6.54 Å². The number of pyridine rings is 1. The zero-order chi connectivity index (χ0) is 16.6. The summed E-state index contributed by atoms with van der Waals surface area (Å²) >= 11 is 1.81. The van der Waals surface area contributed by atoms with Crippen molar-refractivity contribution in [2.24, 2.45) is 0 Å². The van der Waals surface area contributed by atoms with Crippen LogP contribution in [0.1, 0.15) is 24.8 Å². The molecule has 3 aromatic heterocycles. The Hall–Kier alpha value is -2.47. The molecule has 0 N–H and O–H groups in total.